The Hall–Kier alpha value is -2.19. The zero-order valence-electron chi connectivity index (χ0n) is 11.6. The molecule has 20 heavy (non-hydrogen) atoms. The summed E-state index contributed by atoms with van der Waals surface area (Å²) in [6, 6.07) is 0. The molecule has 0 saturated heterocycles. The van der Waals surface area contributed by atoms with Crippen LogP contribution in [-0.2, 0) is 14.2 Å². The van der Waals surface area contributed by atoms with Gasteiger partial charge >= 0.3 is 18.3 Å². The van der Waals surface area contributed by atoms with Crippen molar-refractivity contribution in [2.24, 2.45) is 5.73 Å². The molecule has 1 unspecified atom stereocenters. The number of carbonyl (C=O) groups is 3. The lowest BCUT2D eigenvalue weighted by molar-refractivity contribution is 0.0430. The highest BCUT2D eigenvalue weighted by molar-refractivity contribution is 5.67. The van der Waals surface area contributed by atoms with Gasteiger partial charge in [0.1, 0.15) is 12.7 Å². The van der Waals surface area contributed by atoms with Crippen LogP contribution in [0.2, 0.25) is 0 Å². The van der Waals surface area contributed by atoms with Crippen molar-refractivity contribution in [3.05, 3.63) is 0 Å². The van der Waals surface area contributed by atoms with E-state index in [9.17, 15) is 14.4 Å². The van der Waals surface area contributed by atoms with E-state index in [0.29, 0.717) is 19.3 Å². The van der Waals surface area contributed by atoms with Gasteiger partial charge in [-0.15, -0.1) is 0 Å². The van der Waals surface area contributed by atoms with Crippen LogP contribution in [0.15, 0.2) is 0 Å². The number of nitrogens with two attached hydrogens (primary N) is 1. The molecule has 0 aliphatic carbocycles. The van der Waals surface area contributed by atoms with Crippen LogP contribution >= 0.6 is 0 Å². The van der Waals surface area contributed by atoms with E-state index < -0.39 is 24.4 Å². The van der Waals surface area contributed by atoms with Gasteiger partial charge in [0.2, 0.25) is 0 Å². The molecule has 9 heteroatoms. The van der Waals surface area contributed by atoms with E-state index in [-0.39, 0.29) is 13.2 Å². The molecule has 116 valence electrons. The van der Waals surface area contributed by atoms with Gasteiger partial charge in [-0.1, -0.05) is 0 Å². The third-order valence-electron chi connectivity index (χ3n) is 2.24. The van der Waals surface area contributed by atoms with Gasteiger partial charge in [-0.2, -0.15) is 0 Å². The Morgan fingerprint density at radius 3 is 2.20 bits per heavy atom. The summed E-state index contributed by atoms with van der Waals surface area (Å²) in [5, 5.41) is 4.59. The predicted molar refractivity (Wildman–Crippen MR) is 69.1 cm³/mol. The number of hydrogen-bond acceptors (Lipinski definition) is 6. The van der Waals surface area contributed by atoms with Crippen LogP contribution in [0.3, 0.4) is 0 Å². The number of ether oxygens (including phenoxy) is 3. The van der Waals surface area contributed by atoms with Gasteiger partial charge in [-0.05, 0) is 19.3 Å². The molecular formula is C11H21N3O6. The minimum atomic E-state index is -0.933. The number of amides is 3. The second kappa shape index (κ2) is 10.7. The first-order valence-electron chi connectivity index (χ1n) is 6.14. The average molecular weight is 291 g/mol. The Bertz CT molecular complexity index is 323. The molecular weight excluding hydrogens is 270 g/mol. The number of primary amides is 1. The maximum atomic E-state index is 10.9. The summed E-state index contributed by atoms with van der Waals surface area (Å²) >= 11 is 0. The molecule has 1 atom stereocenters. The van der Waals surface area contributed by atoms with E-state index in [1.54, 1.807) is 0 Å². The van der Waals surface area contributed by atoms with Gasteiger partial charge in [0.15, 0.2) is 0 Å². The van der Waals surface area contributed by atoms with Gasteiger partial charge in [-0.25, -0.2) is 14.4 Å². The van der Waals surface area contributed by atoms with Crippen LogP contribution in [0.1, 0.15) is 19.3 Å². The average Bonchev–Trinajstić information content (AvgIpc) is 2.42. The number of rotatable bonds is 8. The zero-order valence-corrected chi connectivity index (χ0v) is 11.6. The largest absolute Gasteiger partial charge is 0.450 e. The fourth-order valence-corrected chi connectivity index (χ4v) is 1.29. The quantitative estimate of drug-likeness (QED) is 0.436. The molecule has 0 spiro atoms. The Balaban J connectivity index is 3.88. The lowest BCUT2D eigenvalue weighted by atomic mass is 10.1. The monoisotopic (exact) mass is 291 g/mol. The molecule has 3 amide bonds. The highest BCUT2D eigenvalue weighted by Gasteiger charge is 2.14. The SMILES string of the molecule is CNC(=O)OCCCCC(COC(=O)NC)OC(N)=O. The molecule has 0 aromatic carbocycles. The van der Waals surface area contributed by atoms with Gasteiger partial charge in [-0.3, -0.25) is 0 Å². The molecule has 0 heterocycles. The van der Waals surface area contributed by atoms with Gasteiger partial charge in [0, 0.05) is 14.1 Å². The van der Waals surface area contributed by atoms with Crippen molar-refractivity contribution >= 4 is 18.3 Å². The first kappa shape index (κ1) is 17.8. The molecule has 9 nitrogen and oxygen atoms in total. The molecule has 0 aromatic rings. The summed E-state index contributed by atoms with van der Waals surface area (Å²) in [4.78, 5) is 32.4. The normalized spacial score (nSPS) is 11.1. The van der Waals surface area contributed by atoms with E-state index in [2.05, 4.69) is 10.6 Å². The maximum absolute atomic E-state index is 10.9. The van der Waals surface area contributed by atoms with Crippen molar-refractivity contribution in [3.8, 4) is 0 Å². The Morgan fingerprint density at radius 2 is 1.65 bits per heavy atom. The first-order chi connectivity index (χ1) is 9.49. The minimum absolute atomic E-state index is 0.0844. The van der Waals surface area contributed by atoms with E-state index >= 15 is 0 Å². The van der Waals surface area contributed by atoms with Crippen LogP contribution in [0, 0.1) is 0 Å². The van der Waals surface area contributed by atoms with Crippen LogP contribution in [0.25, 0.3) is 0 Å². The van der Waals surface area contributed by atoms with Crippen molar-refractivity contribution in [2.45, 2.75) is 25.4 Å². The van der Waals surface area contributed by atoms with Gasteiger partial charge in [0.25, 0.3) is 0 Å². The standard InChI is InChI=1S/C11H21N3O6/c1-13-10(16)18-6-4-3-5-8(20-9(12)15)7-19-11(17)14-2/h8H,3-7H2,1-2H3,(H2,12,15)(H,13,16)(H,14,17). The summed E-state index contributed by atoms with van der Waals surface area (Å²) in [5.41, 5.74) is 4.93. The summed E-state index contributed by atoms with van der Waals surface area (Å²) in [7, 11) is 2.89. The molecule has 0 fully saturated rings. The van der Waals surface area contributed by atoms with Crippen molar-refractivity contribution in [1.82, 2.24) is 10.6 Å². The fourth-order valence-electron chi connectivity index (χ4n) is 1.29. The van der Waals surface area contributed by atoms with Crippen LogP contribution in [0.4, 0.5) is 14.4 Å². The van der Waals surface area contributed by atoms with Crippen molar-refractivity contribution in [2.75, 3.05) is 27.3 Å². The fraction of sp³-hybridized carbons (Fsp3) is 0.727. The lowest BCUT2D eigenvalue weighted by Crippen LogP contribution is -2.30. The Kier molecular flexibility index (Phi) is 9.53. The van der Waals surface area contributed by atoms with E-state index in [1.165, 1.54) is 14.1 Å². The summed E-state index contributed by atoms with van der Waals surface area (Å²) in [6.45, 7) is 0.165. The summed E-state index contributed by atoms with van der Waals surface area (Å²) < 4.78 is 14.4. The highest BCUT2D eigenvalue weighted by atomic mass is 16.6. The minimum Gasteiger partial charge on any atom is -0.450 e. The van der Waals surface area contributed by atoms with Gasteiger partial charge in [0.05, 0.1) is 6.61 Å². The van der Waals surface area contributed by atoms with E-state index in [1.807, 2.05) is 0 Å². The summed E-state index contributed by atoms with van der Waals surface area (Å²) in [5.74, 6) is 0. The molecule has 4 N–H and O–H groups in total. The number of carbonyl (C=O) groups excluding carboxylic acids is 3. The smallest absolute Gasteiger partial charge is 0.406 e. The maximum Gasteiger partial charge on any atom is 0.406 e. The lowest BCUT2D eigenvalue weighted by Gasteiger charge is -2.16. The molecule has 0 aliphatic heterocycles. The van der Waals surface area contributed by atoms with Crippen molar-refractivity contribution in [1.29, 1.82) is 0 Å². The predicted octanol–water partition coefficient (Wildman–Crippen LogP) is 0.333. The summed E-state index contributed by atoms with van der Waals surface area (Å²) in [6.07, 6.45) is -1.03. The van der Waals surface area contributed by atoms with Crippen LogP contribution in [0.5, 0.6) is 0 Å². The van der Waals surface area contributed by atoms with Gasteiger partial charge < -0.3 is 30.6 Å². The third kappa shape index (κ3) is 9.80. The van der Waals surface area contributed by atoms with Crippen LogP contribution < -0.4 is 16.4 Å². The van der Waals surface area contributed by atoms with Crippen molar-refractivity contribution in [3.63, 3.8) is 0 Å². The third-order valence-corrected chi connectivity index (χ3v) is 2.24. The Morgan fingerprint density at radius 1 is 1.05 bits per heavy atom. The zero-order chi connectivity index (χ0) is 15.4. The highest BCUT2D eigenvalue weighted by Crippen LogP contribution is 2.06. The number of alkyl carbamates (subject to hydrolysis) is 2. The molecule has 0 rings (SSSR count). The molecule has 0 radical (unpaired) electrons. The van der Waals surface area contributed by atoms with E-state index in [4.69, 9.17) is 19.9 Å². The number of unbranched alkanes of at least 4 members (excludes halogenated alkanes) is 1. The first-order valence-corrected chi connectivity index (χ1v) is 6.14. The second-order valence-corrected chi connectivity index (χ2v) is 3.79. The van der Waals surface area contributed by atoms with Crippen LogP contribution in [-0.4, -0.2) is 51.7 Å². The molecule has 0 bridgehead atoms. The van der Waals surface area contributed by atoms with E-state index in [0.717, 1.165) is 0 Å². The topological polar surface area (TPSA) is 129 Å². The molecule has 0 aromatic heterocycles. The number of nitrogens with one attached hydrogen (secondary N) is 2. The second-order valence-electron chi connectivity index (χ2n) is 3.79. The molecule has 0 saturated carbocycles. The number of hydrogen-bond donors (Lipinski definition) is 3. The Labute approximate surface area is 117 Å². The molecule has 0 aliphatic rings. The van der Waals surface area contributed by atoms with Crippen molar-refractivity contribution < 1.29 is 28.6 Å².